The number of rotatable bonds is 8. The first kappa shape index (κ1) is 19.0. The lowest BCUT2D eigenvalue weighted by Crippen LogP contribution is -2.28. The standard InChI is InChI=1S/C20H28N4OS/c1-5-24-19(17-10-16(17)15-8-6-14(4)7-9-15)22-23-20(24)26-12-18(25)21-11-13(2)3/h6-9,13,16-17H,5,10-12H2,1-4H3,(H,21,25)/t16-,17-/m1/s1. The minimum atomic E-state index is 0.0554. The van der Waals surface area contributed by atoms with Gasteiger partial charge in [-0.3, -0.25) is 4.79 Å². The van der Waals surface area contributed by atoms with Crippen molar-refractivity contribution < 1.29 is 4.79 Å². The summed E-state index contributed by atoms with van der Waals surface area (Å²) in [4.78, 5) is 11.9. The number of aromatic nitrogens is 3. The van der Waals surface area contributed by atoms with E-state index in [0.717, 1.165) is 23.9 Å². The number of nitrogens with one attached hydrogen (secondary N) is 1. The second kappa shape index (κ2) is 8.25. The van der Waals surface area contributed by atoms with Crippen LogP contribution in [-0.2, 0) is 11.3 Å². The van der Waals surface area contributed by atoms with E-state index < -0.39 is 0 Å². The summed E-state index contributed by atoms with van der Waals surface area (Å²) < 4.78 is 2.17. The number of hydrogen-bond acceptors (Lipinski definition) is 4. The number of hydrogen-bond donors (Lipinski definition) is 1. The van der Waals surface area contributed by atoms with Crippen molar-refractivity contribution in [3.05, 3.63) is 41.2 Å². The molecule has 26 heavy (non-hydrogen) atoms. The van der Waals surface area contributed by atoms with Gasteiger partial charge in [0, 0.05) is 19.0 Å². The summed E-state index contributed by atoms with van der Waals surface area (Å²) in [6, 6.07) is 8.79. The van der Waals surface area contributed by atoms with E-state index in [1.807, 2.05) is 0 Å². The van der Waals surface area contributed by atoms with Crippen LogP contribution in [-0.4, -0.2) is 33.0 Å². The van der Waals surface area contributed by atoms with E-state index in [4.69, 9.17) is 0 Å². The molecule has 1 aromatic heterocycles. The third-order valence-corrected chi connectivity index (χ3v) is 5.70. The number of carbonyl (C=O) groups is 1. The van der Waals surface area contributed by atoms with Gasteiger partial charge in [-0.1, -0.05) is 55.4 Å². The van der Waals surface area contributed by atoms with Gasteiger partial charge in [-0.15, -0.1) is 10.2 Å². The molecule has 0 spiro atoms. The first-order chi connectivity index (χ1) is 12.5. The zero-order chi connectivity index (χ0) is 18.7. The first-order valence-corrected chi connectivity index (χ1v) is 10.4. The lowest BCUT2D eigenvalue weighted by Gasteiger charge is -2.09. The van der Waals surface area contributed by atoms with Crippen LogP contribution in [0.2, 0.25) is 0 Å². The van der Waals surface area contributed by atoms with Crippen LogP contribution in [0.3, 0.4) is 0 Å². The van der Waals surface area contributed by atoms with Crippen molar-refractivity contribution in [1.82, 2.24) is 20.1 Å². The molecule has 1 aliphatic rings. The van der Waals surface area contributed by atoms with Gasteiger partial charge in [0.15, 0.2) is 5.16 Å². The predicted molar refractivity (Wildman–Crippen MR) is 106 cm³/mol. The highest BCUT2D eigenvalue weighted by Gasteiger charge is 2.43. The Balaban J connectivity index is 1.62. The fourth-order valence-electron chi connectivity index (χ4n) is 3.14. The van der Waals surface area contributed by atoms with Gasteiger partial charge in [-0.25, -0.2) is 0 Å². The summed E-state index contributed by atoms with van der Waals surface area (Å²) in [6.45, 7) is 9.95. The van der Waals surface area contributed by atoms with Gasteiger partial charge in [-0.05, 0) is 37.7 Å². The summed E-state index contributed by atoms with van der Waals surface area (Å²) in [5.74, 6) is 2.94. The van der Waals surface area contributed by atoms with Gasteiger partial charge in [0.2, 0.25) is 5.91 Å². The Hall–Kier alpha value is -1.82. The van der Waals surface area contributed by atoms with Crippen LogP contribution in [0.4, 0.5) is 0 Å². The van der Waals surface area contributed by atoms with E-state index in [1.54, 1.807) is 0 Å². The minimum absolute atomic E-state index is 0.0554. The third kappa shape index (κ3) is 4.47. The first-order valence-electron chi connectivity index (χ1n) is 9.38. The maximum absolute atomic E-state index is 11.9. The number of aryl methyl sites for hydroxylation is 1. The Morgan fingerprint density at radius 2 is 2.00 bits per heavy atom. The molecule has 6 heteroatoms. The molecule has 140 valence electrons. The summed E-state index contributed by atoms with van der Waals surface area (Å²) in [5.41, 5.74) is 2.67. The molecule has 0 aliphatic heterocycles. The van der Waals surface area contributed by atoms with E-state index in [1.165, 1.54) is 22.9 Å². The topological polar surface area (TPSA) is 59.8 Å². The monoisotopic (exact) mass is 372 g/mol. The van der Waals surface area contributed by atoms with E-state index in [9.17, 15) is 4.79 Å². The van der Waals surface area contributed by atoms with Gasteiger partial charge in [0.05, 0.1) is 5.75 Å². The fraction of sp³-hybridized carbons (Fsp3) is 0.550. The van der Waals surface area contributed by atoms with Crippen LogP contribution >= 0.6 is 11.8 Å². The molecule has 1 heterocycles. The molecule has 1 fully saturated rings. The van der Waals surface area contributed by atoms with Crippen LogP contribution < -0.4 is 5.32 Å². The van der Waals surface area contributed by atoms with Crippen molar-refractivity contribution in [3.63, 3.8) is 0 Å². The molecule has 0 bridgehead atoms. The van der Waals surface area contributed by atoms with Crippen molar-refractivity contribution in [1.29, 1.82) is 0 Å². The van der Waals surface area contributed by atoms with Crippen molar-refractivity contribution in [2.24, 2.45) is 5.92 Å². The maximum Gasteiger partial charge on any atom is 0.230 e. The van der Waals surface area contributed by atoms with E-state index in [0.29, 0.717) is 30.1 Å². The smallest absolute Gasteiger partial charge is 0.230 e. The fourth-order valence-corrected chi connectivity index (χ4v) is 3.98. The van der Waals surface area contributed by atoms with Crippen LogP contribution in [0, 0.1) is 12.8 Å². The van der Waals surface area contributed by atoms with E-state index in [2.05, 4.69) is 72.0 Å². The van der Waals surface area contributed by atoms with Crippen LogP contribution in [0.25, 0.3) is 0 Å². The van der Waals surface area contributed by atoms with Gasteiger partial charge >= 0.3 is 0 Å². The summed E-state index contributed by atoms with van der Waals surface area (Å²) in [7, 11) is 0. The Morgan fingerprint density at radius 3 is 2.65 bits per heavy atom. The molecular weight excluding hydrogens is 344 g/mol. The third-order valence-electron chi connectivity index (χ3n) is 4.73. The molecule has 0 radical (unpaired) electrons. The number of benzene rings is 1. The lowest BCUT2D eigenvalue weighted by molar-refractivity contribution is -0.118. The Kier molecular flexibility index (Phi) is 6.01. The van der Waals surface area contributed by atoms with Gasteiger partial charge in [-0.2, -0.15) is 0 Å². The highest BCUT2D eigenvalue weighted by atomic mass is 32.2. The second-order valence-corrected chi connectivity index (χ2v) is 8.37. The number of amides is 1. The van der Waals surface area contributed by atoms with Crippen LogP contribution in [0.1, 0.15) is 56.0 Å². The van der Waals surface area contributed by atoms with Crippen molar-refractivity contribution in [2.45, 2.75) is 57.7 Å². The molecule has 0 unspecified atom stereocenters. The summed E-state index contributed by atoms with van der Waals surface area (Å²) in [5, 5.41) is 12.6. The van der Waals surface area contributed by atoms with Crippen molar-refractivity contribution in [2.75, 3.05) is 12.3 Å². The van der Waals surface area contributed by atoms with Crippen LogP contribution in [0.5, 0.6) is 0 Å². The quantitative estimate of drug-likeness (QED) is 0.717. The van der Waals surface area contributed by atoms with Gasteiger partial charge in [0.25, 0.3) is 0 Å². The Bertz CT molecular complexity index is 754. The van der Waals surface area contributed by atoms with Gasteiger partial charge in [0.1, 0.15) is 5.82 Å². The summed E-state index contributed by atoms with van der Waals surface area (Å²) in [6.07, 6.45) is 1.13. The molecule has 1 amide bonds. The highest BCUT2D eigenvalue weighted by Crippen LogP contribution is 2.54. The Morgan fingerprint density at radius 1 is 1.27 bits per heavy atom. The SMILES string of the molecule is CCn1c(SCC(=O)NCC(C)C)nnc1[C@@H]1C[C@@H]1c1ccc(C)cc1. The maximum atomic E-state index is 11.9. The molecule has 1 saturated carbocycles. The van der Waals surface area contributed by atoms with Crippen molar-refractivity contribution >= 4 is 17.7 Å². The van der Waals surface area contributed by atoms with Crippen LogP contribution in [0.15, 0.2) is 29.4 Å². The molecule has 1 N–H and O–H groups in total. The zero-order valence-corrected chi connectivity index (χ0v) is 16.8. The predicted octanol–water partition coefficient (Wildman–Crippen LogP) is 3.74. The molecule has 2 atom stereocenters. The highest BCUT2D eigenvalue weighted by molar-refractivity contribution is 7.99. The molecule has 1 aliphatic carbocycles. The molecule has 0 saturated heterocycles. The number of carbonyl (C=O) groups excluding carboxylic acids is 1. The van der Waals surface area contributed by atoms with E-state index in [-0.39, 0.29) is 5.91 Å². The zero-order valence-electron chi connectivity index (χ0n) is 16.0. The second-order valence-electron chi connectivity index (χ2n) is 7.43. The molecular formula is C20H28N4OS. The minimum Gasteiger partial charge on any atom is -0.355 e. The number of nitrogens with zero attached hydrogens (tertiary/aromatic N) is 3. The molecule has 1 aromatic carbocycles. The van der Waals surface area contributed by atoms with Crippen molar-refractivity contribution in [3.8, 4) is 0 Å². The van der Waals surface area contributed by atoms with Gasteiger partial charge < -0.3 is 9.88 Å². The molecule has 3 rings (SSSR count). The number of thioether (sulfide) groups is 1. The molecule has 5 nitrogen and oxygen atoms in total. The normalized spacial score (nSPS) is 19.0. The summed E-state index contributed by atoms with van der Waals surface area (Å²) >= 11 is 1.47. The lowest BCUT2D eigenvalue weighted by atomic mass is 10.1. The average Bonchev–Trinajstić information content (AvgIpc) is 3.30. The Labute approximate surface area is 160 Å². The average molecular weight is 373 g/mol. The largest absolute Gasteiger partial charge is 0.355 e. The molecule has 2 aromatic rings. The van der Waals surface area contributed by atoms with E-state index >= 15 is 0 Å².